The van der Waals surface area contributed by atoms with Crippen molar-refractivity contribution in [2.24, 2.45) is 0 Å². The summed E-state index contributed by atoms with van der Waals surface area (Å²) in [5, 5.41) is 1.45. The van der Waals surface area contributed by atoms with Crippen LogP contribution in [0.15, 0.2) is 24.4 Å². The molecule has 0 amide bonds. The molecule has 15 heavy (non-hydrogen) atoms. The normalized spacial score (nSPS) is 14.7. The van der Waals surface area contributed by atoms with E-state index < -0.39 is 0 Å². The van der Waals surface area contributed by atoms with Crippen LogP contribution in [0.5, 0.6) is 0 Å². The van der Waals surface area contributed by atoms with E-state index in [0.717, 1.165) is 12.2 Å². The summed E-state index contributed by atoms with van der Waals surface area (Å²) in [6, 6.07) is 6.71. The first-order chi connectivity index (χ1) is 7.40. The standard InChI is InChI=1S/C13H15NS/c15-8-6-11-9-14-7-2-4-10-3-1-5-12(11)13(10)14/h1,3,5,9,15H,2,4,6-8H2. The molecule has 0 radical (unpaired) electrons. The Morgan fingerprint density at radius 2 is 2.27 bits per heavy atom. The highest BCUT2D eigenvalue weighted by atomic mass is 32.1. The van der Waals surface area contributed by atoms with Crippen LogP contribution in [0.4, 0.5) is 0 Å². The zero-order chi connectivity index (χ0) is 10.3. The molecule has 2 heterocycles. The van der Waals surface area contributed by atoms with Crippen LogP contribution in [-0.4, -0.2) is 10.3 Å². The lowest BCUT2D eigenvalue weighted by atomic mass is 10.0. The minimum Gasteiger partial charge on any atom is -0.347 e. The molecule has 0 saturated carbocycles. The van der Waals surface area contributed by atoms with Crippen LogP contribution in [0.25, 0.3) is 10.9 Å². The predicted octanol–water partition coefficient (Wildman–Crippen LogP) is 3.06. The fourth-order valence-electron chi connectivity index (χ4n) is 2.65. The van der Waals surface area contributed by atoms with Gasteiger partial charge in [-0.1, -0.05) is 18.2 Å². The van der Waals surface area contributed by atoms with Gasteiger partial charge in [-0.05, 0) is 36.1 Å². The number of hydrogen-bond acceptors (Lipinski definition) is 1. The second-order valence-electron chi connectivity index (χ2n) is 4.24. The molecule has 78 valence electrons. The molecule has 1 aromatic heterocycles. The number of para-hydroxylation sites is 1. The van der Waals surface area contributed by atoms with Crippen molar-refractivity contribution < 1.29 is 0 Å². The first-order valence-electron chi connectivity index (χ1n) is 5.60. The lowest BCUT2D eigenvalue weighted by Crippen LogP contribution is -2.05. The van der Waals surface area contributed by atoms with Crippen LogP contribution in [0.1, 0.15) is 17.5 Å². The second kappa shape index (κ2) is 3.60. The number of thiol groups is 1. The summed E-state index contributed by atoms with van der Waals surface area (Å²) in [6.07, 6.45) is 5.92. The first-order valence-corrected chi connectivity index (χ1v) is 6.24. The first kappa shape index (κ1) is 9.34. The van der Waals surface area contributed by atoms with E-state index in [9.17, 15) is 0 Å². The molecule has 1 nitrogen and oxygen atoms in total. The lowest BCUT2D eigenvalue weighted by molar-refractivity contribution is 0.634. The van der Waals surface area contributed by atoms with Gasteiger partial charge in [0, 0.05) is 18.1 Å². The van der Waals surface area contributed by atoms with E-state index in [4.69, 9.17) is 0 Å². The molecule has 0 unspecified atom stereocenters. The molecule has 0 aliphatic carbocycles. The molecule has 2 heteroatoms. The summed E-state index contributed by atoms with van der Waals surface area (Å²) in [7, 11) is 0. The molecular weight excluding hydrogens is 202 g/mol. The maximum Gasteiger partial charge on any atom is 0.0515 e. The Balaban J connectivity index is 2.29. The largest absolute Gasteiger partial charge is 0.347 e. The number of rotatable bonds is 2. The summed E-state index contributed by atoms with van der Waals surface area (Å²) in [5.74, 6) is 0.934. The average molecular weight is 217 g/mol. The van der Waals surface area contributed by atoms with Gasteiger partial charge in [0.2, 0.25) is 0 Å². The molecule has 2 aromatic rings. The van der Waals surface area contributed by atoms with Crippen molar-refractivity contribution in [1.29, 1.82) is 0 Å². The fourth-order valence-corrected chi connectivity index (χ4v) is 2.89. The highest BCUT2D eigenvalue weighted by Crippen LogP contribution is 2.29. The van der Waals surface area contributed by atoms with Crippen LogP contribution in [0.3, 0.4) is 0 Å². The number of nitrogens with zero attached hydrogens (tertiary/aromatic N) is 1. The van der Waals surface area contributed by atoms with Gasteiger partial charge in [-0.2, -0.15) is 12.6 Å². The SMILES string of the molecule is SCCc1cn2c3c(cccc13)CCC2. The summed E-state index contributed by atoms with van der Waals surface area (Å²) in [5.41, 5.74) is 4.45. The van der Waals surface area contributed by atoms with Crippen molar-refractivity contribution in [2.45, 2.75) is 25.8 Å². The van der Waals surface area contributed by atoms with E-state index in [1.165, 1.54) is 41.4 Å². The molecule has 0 bridgehead atoms. The minimum atomic E-state index is 0.934. The fraction of sp³-hybridized carbons (Fsp3) is 0.385. The molecule has 3 rings (SSSR count). The molecule has 1 aliphatic heterocycles. The van der Waals surface area contributed by atoms with Gasteiger partial charge in [0.25, 0.3) is 0 Å². The van der Waals surface area contributed by atoms with Gasteiger partial charge in [0.15, 0.2) is 0 Å². The predicted molar refractivity (Wildman–Crippen MR) is 67.8 cm³/mol. The third kappa shape index (κ3) is 1.39. The zero-order valence-electron chi connectivity index (χ0n) is 8.74. The molecule has 0 spiro atoms. The third-order valence-corrected chi connectivity index (χ3v) is 3.51. The number of aromatic nitrogens is 1. The Labute approximate surface area is 95.5 Å². The van der Waals surface area contributed by atoms with Gasteiger partial charge < -0.3 is 4.57 Å². The second-order valence-corrected chi connectivity index (χ2v) is 4.69. The molecule has 1 aliphatic rings. The van der Waals surface area contributed by atoms with Crippen molar-refractivity contribution in [3.63, 3.8) is 0 Å². The van der Waals surface area contributed by atoms with Crippen LogP contribution in [0, 0.1) is 0 Å². The molecule has 0 N–H and O–H groups in total. The van der Waals surface area contributed by atoms with E-state index in [0.29, 0.717) is 0 Å². The Bertz CT molecular complexity index is 498. The molecule has 0 saturated heterocycles. The van der Waals surface area contributed by atoms with Gasteiger partial charge in [-0.25, -0.2) is 0 Å². The van der Waals surface area contributed by atoms with Crippen molar-refractivity contribution in [1.82, 2.24) is 4.57 Å². The molecule has 0 atom stereocenters. The summed E-state index contributed by atoms with van der Waals surface area (Å²) in [4.78, 5) is 0. The Hall–Kier alpha value is -0.890. The van der Waals surface area contributed by atoms with Gasteiger partial charge in [-0.15, -0.1) is 0 Å². The van der Waals surface area contributed by atoms with Gasteiger partial charge in [0.1, 0.15) is 0 Å². The van der Waals surface area contributed by atoms with E-state index in [1.807, 2.05) is 0 Å². The molecule has 1 aromatic carbocycles. The third-order valence-electron chi connectivity index (χ3n) is 3.29. The maximum absolute atomic E-state index is 4.33. The lowest BCUT2D eigenvalue weighted by Gasteiger charge is -2.14. The number of aryl methyl sites for hydroxylation is 3. The molecular formula is C13H15NS. The summed E-state index contributed by atoms with van der Waals surface area (Å²) >= 11 is 4.33. The van der Waals surface area contributed by atoms with Gasteiger partial charge in [-0.3, -0.25) is 0 Å². The smallest absolute Gasteiger partial charge is 0.0515 e. The van der Waals surface area contributed by atoms with Crippen LogP contribution in [0.2, 0.25) is 0 Å². The van der Waals surface area contributed by atoms with Crippen molar-refractivity contribution >= 4 is 23.5 Å². The van der Waals surface area contributed by atoms with Crippen molar-refractivity contribution in [2.75, 3.05) is 5.75 Å². The van der Waals surface area contributed by atoms with Crippen LogP contribution >= 0.6 is 12.6 Å². The van der Waals surface area contributed by atoms with Crippen molar-refractivity contribution in [3.05, 3.63) is 35.5 Å². The Kier molecular flexibility index (Phi) is 2.24. The number of hydrogen-bond donors (Lipinski definition) is 1. The monoisotopic (exact) mass is 217 g/mol. The van der Waals surface area contributed by atoms with Gasteiger partial charge in [0.05, 0.1) is 5.52 Å². The van der Waals surface area contributed by atoms with Crippen LogP contribution in [-0.2, 0) is 19.4 Å². The van der Waals surface area contributed by atoms with Gasteiger partial charge >= 0.3 is 0 Å². The van der Waals surface area contributed by atoms with E-state index in [1.54, 1.807) is 0 Å². The van der Waals surface area contributed by atoms with E-state index >= 15 is 0 Å². The average Bonchev–Trinajstić information content (AvgIpc) is 2.61. The quantitative estimate of drug-likeness (QED) is 0.738. The minimum absolute atomic E-state index is 0.934. The number of benzene rings is 1. The van der Waals surface area contributed by atoms with E-state index in [-0.39, 0.29) is 0 Å². The highest BCUT2D eigenvalue weighted by Gasteiger charge is 2.14. The highest BCUT2D eigenvalue weighted by molar-refractivity contribution is 7.80. The Morgan fingerprint density at radius 3 is 3.13 bits per heavy atom. The summed E-state index contributed by atoms with van der Waals surface area (Å²) in [6.45, 7) is 1.18. The van der Waals surface area contributed by atoms with Crippen molar-refractivity contribution in [3.8, 4) is 0 Å². The summed E-state index contributed by atoms with van der Waals surface area (Å²) < 4.78 is 2.42. The van der Waals surface area contributed by atoms with E-state index in [2.05, 4.69) is 41.6 Å². The topological polar surface area (TPSA) is 4.93 Å². The van der Waals surface area contributed by atoms with Crippen LogP contribution < -0.4 is 0 Å². The zero-order valence-corrected chi connectivity index (χ0v) is 9.63. The maximum atomic E-state index is 4.33. The molecule has 0 fully saturated rings. The Morgan fingerprint density at radius 1 is 1.33 bits per heavy atom.